The van der Waals surface area contributed by atoms with Crippen molar-refractivity contribution in [3.8, 4) is 0 Å². The largest absolute Gasteiger partial charge is 0.396 e. The lowest BCUT2D eigenvalue weighted by Gasteiger charge is -2.41. The minimum absolute atomic E-state index is 0. The molecule has 10 heteroatoms. The summed E-state index contributed by atoms with van der Waals surface area (Å²) in [4.78, 5) is 13.1. The van der Waals surface area contributed by atoms with Crippen molar-refractivity contribution in [3.63, 3.8) is 0 Å². The molecule has 1 fully saturated rings. The van der Waals surface area contributed by atoms with Gasteiger partial charge in [0.15, 0.2) is 0 Å². The standard InChI is InChI=1S/C51H102N2O7.ClH/c1-3-5-7-9-11-13-15-17-18-19-20-21-22-23-24-25-26-27-29-31-33-35-37-39-47(56)53-45(41-52-44-40-43(42-54)48(57)51(60)50(44)59)49(58)46(55)38-36-34-32-30-28-16-14-12-10-8-6-4-2;/h43-46,48-52,54-55,57-60H,3-42H2,1-2H3,(H,53,56);1H/t43-,44-,45+,46-,48+,49-,50-,51+;/m1./s1. The first kappa shape index (κ1) is 60.5. The van der Waals surface area contributed by atoms with Crippen LogP contribution in [0.4, 0.5) is 0 Å². The Kier molecular flexibility index (Phi) is 43.0. The quantitative estimate of drug-likeness (QED) is 0.0280. The fourth-order valence-electron chi connectivity index (χ4n) is 9.23. The van der Waals surface area contributed by atoms with Crippen LogP contribution in [-0.2, 0) is 4.79 Å². The Labute approximate surface area is 382 Å². The van der Waals surface area contributed by atoms with Gasteiger partial charge < -0.3 is 41.3 Å². The molecule has 366 valence electrons. The van der Waals surface area contributed by atoms with Gasteiger partial charge in [-0.25, -0.2) is 0 Å². The third-order valence-electron chi connectivity index (χ3n) is 13.5. The average Bonchev–Trinajstić information content (AvgIpc) is 3.25. The summed E-state index contributed by atoms with van der Waals surface area (Å²) in [7, 11) is 0. The SMILES string of the molecule is CCCCCCCCCCCCCCCCCCCCCCCCCC(=O)N[C@@H](CN[C@@H]1C[C@H](CO)[C@H](O)[C@H](O)[C@@H]1O)[C@@H](O)[C@H](O)CCCCCCCCCCCCCC.Cl. The molecule has 0 aromatic rings. The summed E-state index contributed by atoms with van der Waals surface area (Å²) >= 11 is 0. The Bertz CT molecular complexity index is 933. The normalized spacial score (nSPS) is 20.6. The van der Waals surface area contributed by atoms with Crippen molar-refractivity contribution in [1.29, 1.82) is 0 Å². The molecule has 0 unspecified atom stereocenters. The molecular weight excluding hydrogens is 788 g/mol. The second-order valence-corrected chi connectivity index (χ2v) is 19.1. The third-order valence-corrected chi connectivity index (χ3v) is 13.5. The lowest BCUT2D eigenvalue weighted by Crippen LogP contribution is -2.61. The Morgan fingerprint density at radius 3 is 1.21 bits per heavy atom. The molecule has 0 bridgehead atoms. The molecule has 1 saturated carbocycles. The van der Waals surface area contributed by atoms with Gasteiger partial charge in [0.05, 0.1) is 24.4 Å². The number of nitrogens with one attached hydrogen (secondary N) is 2. The van der Waals surface area contributed by atoms with Crippen LogP contribution in [0.5, 0.6) is 0 Å². The number of aliphatic hydroxyl groups is 6. The predicted molar refractivity (Wildman–Crippen MR) is 258 cm³/mol. The average molecular weight is 892 g/mol. The fraction of sp³-hybridized carbons (Fsp3) is 0.980. The van der Waals surface area contributed by atoms with Gasteiger partial charge in [0, 0.05) is 31.5 Å². The van der Waals surface area contributed by atoms with Gasteiger partial charge in [-0.3, -0.25) is 4.79 Å². The Hall–Kier alpha value is -0.520. The molecule has 1 rings (SSSR count). The Morgan fingerprint density at radius 1 is 0.508 bits per heavy atom. The van der Waals surface area contributed by atoms with Crippen LogP contribution in [-0.4, -0.2) is 92.3 Å². The third kappa shape index (κ3) is 32.7. The van der Waals surface area contributed by atoms with Crippen LogP contribution in [0, 0.1) is 5.92 Å². The van der Waals surface area contributed by atoms with Crippen molar-refractivity contribution in [3.05, 3.63) is 0 Å². The maximum absolute atomic E-state index is 13.1. The molecule has 1 amide bonds. The number of rotatable bonds is 44. The summed E-state index contributed by atoms with van der Waals surface area (Å²) in [6.07, 6.45) is 39.9. The van der Waals surface area contributed by atoms with Gasteiger partial charge in [-0.05, 0) is 19.3 Å². The number of carbonyl (C=O) groups excluding carboxylic acids is 1. The molecule has 1 aliphatic rings. The summed E-state index contributed by atoms with van der Waals surface area (Å²) < 4.78 is 0. The predicted octanol–water partition coefficient (Wildman–Crippen LogP) is 11.1. The van der Waals surface area contributed by atoms with Crippen LogP contribution in [0.3, 0.4) is 0 Å². The van der Waals surface area contributed by atoms with Gasteiger partial charge in [0.1, 0.15) is 12.2 Å². The van der Waals surface area contributed by atoms with Gasteiger partial charge in [-0.15, -0.1) is 12.4 Å². The molecule has 8 N–H and O–H groups in total. The van der Waals surface area contributed by atoms with E-state index in [0.29, 0.717) is 12.8 Å². The molecule has 0 aromatic heterocycles. The molecule has 61 heavy (non-hydrogen) atoms. The number of amides is 1. The monoisotopic (exact) mass is 891 g/mol. The van der Waals surface area contributed by atoms with Gasteiger partial charge in [0.25, 0.3) is 0 Å². The van der Waals surface area contributed by atoms with E-state index < -0.39 is 48.5 Å². The maximum atomic E-state index is 13.1. The summed E-state index contributed by atoms with van der Waals surface area (Å²) in [6.45, 7) is 4.28. The number of aliphatic hydroxyl groups excluding tert-OH is 6. The molecule has 0 heterocycles. The highest BCUT2D eigenvalue weighted by atomic mass is 35.5. The lowest BCUT2D eigenvalue weighted by molar-refractivity contribution is -0.131. The van der Waals surface area contributed by atoms with Gasteiger partial charge in [0.2, 0.25) is 5.91 Å². The van der Waals surface area contributed by atoms with E-state index in [2.05, 4.69) is 24.5 Å². The first-order valence-electron chi connectivity index (χ1n) is 26.3. The fourth-order valence-corrected chi connectivity index (χ4v) is 9.23. The molecule has 1 aliphatic carbocycles. The Morgan fingerprint density at radius 2 is 0.852 bits per heavy atom. The topological polar surface area (TPSA) is 163 Å². The minimum atomic E-state index is -1.42. The van der Waals surface area contributed by atoms with Crippen molar-refractivity contribution in [2.45, 2.75) is 300 Å². The number of carbonyl (C=O) groups is 1. The van der Waals surface area contributed by atoms with Gasteiger partial charge in [-0.2, -0.15) is 0 Å². The van der Waals surface area contributed by atoms with Crippen LogP contribution < -0.4 is 10.6 Å². The van der Waals surface area contributed by atoms with Crippen LogP contribution in [0.1, 0.15) is 258 Å². The van der Waals surface area contributed by atoms with Crippen LogP contribution in [0.2, 0.25) is 0 Å². The minimum Gasteiger partial charge on any atom is -0.396 e. The van der Waals surface area contributed by atoms with E-state index in [1.807, 2.05) is 0 Å². The molecule has 0 aliphatic heterocycles. The van der Waals surface area contributed by atoms with Crippen LogP contribution in [0.25, 0.3) is 0 Å². The van der Waals surface area contributed by atoms with Crippen molar-refractivity contribution in [2.24, 2.45) is 5.92 Å². The first-order chi connectivity index (χ1) is 29.3. The van der Waals surface area contributed by atoms with Crippen LogP contribution >= 0.6 is 12.4 Å². The first-order valence-corrected chi connectivity index (χ1v) is 26.3. The second kappa shape index (κ2) is 43.4. The number of hydrogen-bond acceptors (Lipinski definition) is 8. The van der Waals surface area contributed by atoms with Crippen molar-refractivity contribution in [2.75, 3.05) is 13.2 Å². The van der Waals surface area contributed by atoms with Gasteiger partial charge >= 0.3 is 0 Å². The molecule has 0 radical (unpaired) electrons. The molecule has 0 aromatic carbocycles. The highest BCUT2D eigenvalue weighted by molar-refractivity contribution is 5.85. The number of hydrogen-bond donors (Lipinski definition) is 8. The lowest BCUT2D eigenvalue weighted by atomic mass is 9.79. The molecule has 0 spiro atoms. The molecule has 8 atom stereocenters. The van der Waals surface area contributed by atoms with Gasteiger partial charge in [-0.1, -0.05) is 232 Å². The van der Waals surface area contributed by atoms with E-state index in [-0.39, 0.29) is 37.9 Å². The molecular formula is C51H103ClN2O7. The molecule has 9 nitrogen and oxygen atoms in total. The van der Waals surface area contributed by atoms with E-state index >= 15 is 0 Å². The van der Waals surface area contributed by atoms with Crippen molar-refractivity contribution in [1.82, 2.24) is 10.6 Å². The summed E-state index contributed by atoms with van der Waals surface area (Å²) in [6, 6.07) is -1.44. The zero-order chi connectivity index (χ0) is 43.9. The maximum Gasteiger partial charge on any atom is 0.220 e. The van der Waals surface area contributed by atoms with E-state index in [1.165, 1.54) is 186 Å². The highest BCUT2D eigenvalue weighted by Gasteiger charge is 2.42. The van der Waals surface area contributed by atoms with E-state index in [4.69, 9.17) is 0 Å². The highest BCUT2D eigenvalue weighted by Crippen LogP contribution is 2.26. The summed E-state index contributed by atoms with van der Waals surface area (Å²) in [5, 5.41) is 69.3. The van der Waals surface area contributed by atoms with E-state index in [1.54, 1.807) is 0 Å². The van der Waals surface area contributed by atoms with Crippen molar-refractivity contribution >= 4 is 18.3 Å². The second-order valence-electron chi connectivity index (χ2n) is 19.1. The summed E-state index contributed by atoms with van der Waals surface area (Å²) in [5.74, 6) is -0.774. The van der Waals surface area contributed by atoms with Crippen LogP contribution in [0.15, 0.2) is 0 Å². The van der Waals surface area contributed by atoms with Crippen molar-refractivity contribution < 1.29 is 35.4 Å². The summed E-state index contributed by atoms with van der Waals surface area (Å²) in [5.41, 5.74) is 0. The number of halogens is 1. The van der Waals surface area contributed by atoms with E-state index in [9.17, 15) is 35.4 Å². The molecule has 0 saturated heterocycles. The van der Waals surface area contributed by atoms with E-state index in [0.717, 1.165) is 38.5 Å². The number of unbranched alkanes of at least 4 members (excludes halogenated alkanes) is 33. The zero-order valence-corrected chi connectivity index (χ0v) is 40.7. The smallest absolute Gasteiger partial charge is 0.220 e. The Balaban J connectivity index is 0.0000360. The zero-order valence-electron chi connectivity index (χ0n) is 39.9.